The van der Waals surface area contributed by atoms with Gasteiger partial charge in [-0.05, 0) is 25.7 Å². The van der Waals surface area contributed by atoms with Gasteiger partial charge in [0.05, 0.1) is 5.69 Å². The monoisotopic (exact) mass is 223 g/mol. The van der Waals surface area contributed by atoms with E-state index >= 15 is 0 Å². The van der Waals surface area contributed by atoms with Gasteiger partial charge in [0.25, 0.3) is 0 Å². The average Bonchev–Trinajstić information content (AvgIpc) is 2.80. The van der Waals surface area contributed by atoms with Gasteiger partial charge in [-0.3, -0.25) is 4.79 Å². The number of nitrogens with zero attached hydrogens (tertiary/aromatic N) is 1. The minimum absolute atomic E-state index is 0.605. The molecule has 2 aliphatic carbocycles. The van der Waals surface area contributed by atoms with E-state index in [2.05, 4.69) is 10.4 Å². The van der Waals surface area contributed by atoms with Crippen LogP contribution in [0.3, 0.4) is 0 Å². The van der Waals surface area contributed by atoms with Crippen LogP contribution >= 0.6 is 11.3 Å². The smallest absolute Gasteiger partial charge is 0.316 e. The van der Waals surface area contributed by atoms with E-state index in [4.69, 9.17) is 5.11 Å². The Hall–Kier alpha value is -0.900. The molecule has 1 N–H and O–H groups in total. The Labute approximate surface area is 92.2 Å². The third kappa shape index (κ3) is 1.31. The van der Waals surface area contributed by atoms with Crippen molar-refractivity contribution in [1.82, 2.24) is 4.98 Å². The SMILES string of the molecule is O=C(O)C1(c2nc(C3CCC3)cs2)CC1. The molecule has 80 valence electrons. The molecule has 2 fully saturated rings. The van der Waals surface area contributed by atoms with Crippen molar-refractivity contribution < 1.29 is 9.90 Å². The molecule has 1 aromatic rings. The minimum atomic E-state index is -0.697. The molecule has 2 aliphatic rings. The molecule has 0 saturated heterocycles. The van der Waals surface area contributed by atoms with Crippen LogP contribution in [0.2, 0.25) is 0 Å². The van der Waals surface area contributed by atoms with Crippen molar-refractivity contribution in [3.8, 4) is 0 Å². The molecule has 0 aliphatic heterocycles. The Balaban J connectivity index is 1.87. The van der Waals surface area contributed by atoms with Gasteiger partial charge < -0.3 is 5.11 Å². The first-order chi connectivity index (χ1) is 7.22. The molecule has 4 heteroatoms. The number of hydrogen-bond donors (Lipinski definition) is 1. The van der Waals surface area contributed by atoms with Gasteiger partial charge in [0.15, 0.2) is 0 Å². The summed E-state index contributed by atoms with van der Waals surface area (Å²) < 4.78 is 0. The lowest BCUT2D eigenvalue weighted by molar-refractivity contribution is -0.140. The van der Waals surface area contributed by atoms with Gasteiger partial charge in [0, 0.05) is 11.3 Å². The average molecular weight is 223 g/mol. The van der Waals surface area contributed by atoms with Crippen molar-refractivity contribution in [1.29, 1.82) is 0 Å². The maximum atomic E-state index is 11.1. The third-order valence-corrected chi connectivity index (χ3v) is 4.68. The molecule has 3 nitrogen and oxygen atoms in total. The van der Waals surface area contributed by atoms with E-state index in [1.165, 1.54) is 30.6 Å². The Morgan fingerprint density at radius 3 is 2.73 bits per heavy atom. The normalized spacial score (nSPS) is 23.5. The Morgan fingerprint density at radius 1 is 1.53 bits per heavy atom. The molecule has 2 saturated carbocycles. The van der Waals surface area contributed by atoms with Crippen LogP contribution in [0, 0.1) is 0 Å². The molecule has 0 atom stereocenters. The summed E-state index contributed by atoms with van der Waals surface area (Å²) in [5, 5.41) is 12.0. The number of carboxylic acids is 1. The molecule has 0 bridgehead atoms. The second-order valence-corrected chi connectivity index (χ2v) is 5.45. The van der Waals surface area contributed by atoms with E-state index in [-0.39, 0.29) is 0 Å². The van der Waals surface area contributed by atoms with Gasteiger partial charge in [0.2, 0.25) is 0 Å². The zero-order valence-corrected chi connectivity index (χ0v) is 9.22. The van der Waals surface area contributed by atoms with Crippen LogP contribution in [0.25, 0.3) is 0 Å². The highest BCUT2D eigenvalue weighted by molar-refractivity contribution is 7.10. The van der Waals surface area contributed by atoms with E-state index < -0.39 is 11.4 Å². The number of aromatic nitrogens is 1. The maximum absolute atomic E-state index is 11.1. The van der Waals surface area contributed by atoms with Crippen molar-refractivity contribution in [3.05, 3.63) is 16.1 Å². The highest BCUT2D eigenvalue weighted by Gasteiger charge is 2.54. The Kier molecular flexibility index (Phi) is 1.89. The summed E-state index contributed by atoms with van der Waals surface area (Å²) in [5.41, 5.74) is 0.529. The van der Waals surface area contributed by atoms with Crippen molar-refractivity contribution >= 4 is 17.3 Å². The van der Waals surface area contributed by atoms with Crippen molar-refractivity contribution in [2.24, 2.45) is 0 Å². The molecule has 0 aromatic carbocycles. The number of thiazole rings is 1. The summed E-state index contributed by atoms with van der Waals surface area (Å²) in [5.74, 6) is -0.0865. The van der Waals surface area contributed by atoms with Gasteiger partial charge in [-0.15, -0.1) is 11.3 Å². The summed E-state index contributed by atoms with van der Waals surface area (Å²) in [7, 11) is 0. The molecular weight excluding hydrogens is 210 g/mol. The second kappa shape index (κ2) is 3.04. The molecule has 1 heterocycles. The van der Waals surface area contributed by atoms with Crippen molar-refractivity contribution in [2.75, 3.05) is 0 Å². The van der Waals surface area contributed by atoms with E-state index in [9.17, 15) is 4.79 Å². The number of carboxylic acid groups (broad SMARTS) is 1. The third-order valence-electron chi connectivity index (χ3n) is 3.61. The maximum Gasteiger partial charge on any atom is 0.316 e. The van der Waals surface area contributed by atoms with E-state index in [0.29, 0.717) is 5.92 Å². The van der Waals surface area contributed by atoms with Crippen LogP contribution in [0.1, 0.15) is 48.7 Å². The summed E-state index contributed by atoms with van der Waals surface area (Å²) >= 11 is 1.53. The predicted octanol–water partition coefficient (Wildman–Crippen LogP) is 2.53. The quantitative estimate of drug-likeness (QED) is 0.856. The Bertz CT molecular complexity index is 404. The second-order valence-electron chi connectivity index (χ2n) is 4.59. The van der Waals surface area contributed by atoms with Crippen LogP contribution in [0.4, 0.5) is 0 Å². The fourth-order valence-electron chi connectivity index (χ4n) is 2.04. The number of hydrogen-bond acceptors (Lipinski definition) is 3. The minimum Gasteiger partial charge on any atom is -0.481 e. The highest BCUT2D eigenvalue weighted by Crippen LogP contribution is 2.50. The zero-order chi connectivity index (χ0) is 10.5. The Morgan fingerprint density at radius 2 is 2.27 bits per heavy atom. The molecule has 0 spiro atoms. The molecule has 15 heavy (non-hydrogen) atoms. The molecule has 0 radical (unpaired) electrons. The summed E-state index contributed by atoms with van der Waals surface area (Å²) in [6.45, 7) is 0. The summed E-state index contributed by atoms with van der Waals surface area (Å²) in [4.78, 5) is 15.6. The van der Waals surface area contributed by atoms with Crippen molar-refractivity contribution in [3.63, 3.8) is 0 Å². The van der Waals surface area contributed by atoms with E-state index in [1.807, 2.05) is 0 Å². The summed E-state index contributed by atoms with van der Waals surface area (Å²) in [6.07, 6.45) is 5.27. The topological polar surface area (TPSA) is 50.2 Å². The standard InChI is InChI=1S/C11H13NO2S/c13-10(14)11(4-5-11)9-12-8(6-15-9)7-2-1-3-7/h6-7H,1-5H2,(H,13,14). The fraction of sp³-hybridized carbons (Fsp3) is 0.636. The number of rotatable bonds is 3. The lowest BCUT2D eigenvalue weighted by Crippen LogP contribution is -2.19. The highest BCUT2D eigenvalue weighted by atomic mass is 32.1. The number of aliphatic carboxylic acids is 1. The number of carbonyl (C=O) groups is 1. The van der Waals surface area contributed by atoms with Gasteiger partial charge in [-0.25, -0.2) is 4.98 Å². The lowest BCUT2D eigenvalue weighted by Gasteiger charge is -2.23. The van der Waals surface area contributed by atoms with Crippen LogP contribution in [0.15, 0.2) is 5.38 Å². The molecule has 0 amide bonds. The van der Waals surface area contributed by atoms with E-state index in [0.717, 1.165) is 23.5 Å². The van der Waals surface area contributed by atoms with Crippen LogP contribution in [-0.4, -0.2) is 16.1 Å². The fourth-order valence-corrected chi connectivity index (χ4v) is 3.19. The van der Waals surface area contributed by atoms with Gasteiger partial charge in [-0.1, -0.05) is 6.42 Å². The van der Waals surface area contributed by atoms with Gasteiger partial charge >= 0.3 is 5.97 Å². The first-order valence-corrected chi connectivity index (χ1v) is 6.30. The van der Waals surface area contributed by atoms with Crippen LogP contribution in [0.5, 0.6) is 0 Å². The van der Waals surface area contributed by atoms with E-state index in [1.54, 1.807) is 0 Å². The first-order valence-electron chi connectivity index (χ1n) is 5.42. The van der Waals surface area contributed by atoms with Crippen LogP contribution < -0.4 is 0 Å². The zero-order valence-electron chi connectivity index (χ0n) is 8.40. The van der Waals surface area contributed by atoms with Crippen LogP contribution in [-0.2, 0) is 10.2 Å². The van der Waals surface area contributed by atoms with Gasteiger partial charge in [0.1, 0.15) is 10.4 Å². The summed E-state index contributed by atoms with van der Waals surface area (Å²) in [6, 6.07) is 0. The first kappa shape index (κ1) is 9.33. The van der Waals surface area contributed by atoms with Crippen molar-refractivity contribution in [2.45, 2.75) is 43.4 Å². The lowest BCUT2D eigenvalue weighted by atomic mass is 9.83. The predicted molar refractivity (Wildman–Crippen MR) is 57.3 cm³/mol. The molecule has 3 rings (SSSR count). The molecule has 0 unspecified atom stereocenters. The van der Waals surface area contributed by atoms with Gasteiger partial charge in [-0.2, -0.15) is 0 Å². The molecule has 1 aromatic heterocycles. The molecular formula is C11H13NO2S. The largest absolute Gasteiger partial charge is 0.481 e.